The van der Waals surface area contributed by atoms with E-state index in [9.17, 15) is 5.11 Å². The van der Waals surface area contributed by atoms with E-state index in [2.05, 4.69) is 39.1 Å². The number of ether oxygens (including phenoxy) is 2. The number of likely N-dealkylation sites (tertiary alicyclic amines) is 1. The first-order chi connectivity index (χ1) is 13.1. The van der Waals surface area contributed by atoms with Crippen molar-refractivity contribution in [3.8, 4) is 11.9 Å². The standard InChI is InChI=1S/C21H27N3O3/c1-26-19-17(11-22-20(23-19)27-2)21(25)10-6-9-16-13-24(14-18(16)21)12-15-7-4-3-5-8-15/h3-5,7-8,11,16,18,25H,6,9-10,12-14H2,1-2H3/t16-,18+,21+/m0/s1. The number of benzene rings is 1. The van der Waals surface area contributed by atoms with Crippen LogP contribution in [-0.4, -0.2) is 47.3 Å². The van der Waals surface area contributed by atoms with E-state index in [1.807, 2.05) is 6.07 Å². The Balaban J connectivity index is 1.60. The van der Waals surface area contributed by atoms with Gasteiger partial charge in [-0.2, -0.15) is 4.98 Å². The van der Waals surface area contributed by atoms with Crippen molar-refractivity contribution >= 4 is 0 Å². The fourth-order valence-corrected chi connectivity index (χ4v) is 4.82. The molecule has 1 N–H and O–H groups in total. The summed E-state index contributed by atoms with van der Waals surface area (Å²) < 4.78 is 10.6. The van der Waals surface area contributed by atoms with E-state index >= 15 is 0 Å². The normalized spacial score (nSPS) is 28.0. The van der Waals surface area contributed by atoms with Crippen molar-refractivity contribution in [1.82, 2.24) is 14.9 Å². The minimum Gasteiger partial charge on any atom is -0.481 e. The Morgan fingerprint density at radius 1 is 1.19 bits per heavy atom. The molecule has 1 aromatic heterocycles. The summed E-state index contributed by atoms with van der Waals surface area (Å²) in [6, 6.07) is 10.8. The number of hydrogen-bond acceptors (Lipinski definition) is 6. The lowest BCUT2D eigenvalue weighted by Gasteiger charge is -2.41. The van der Waals surface area contributed by atoms with E-state index in [1.54, 1.807) is 13.3 Å². The molecule has 1 aliphatic heterocycles. The Labute approximate surface area is 160 Å². The van der Waals surface area contributed by atoms with E-state index in [4.69, 9.17) is 9.47 Å². The molecule has 2 heterocycles. The van der Waals surface area contributed by atoms with Crippen molar-refractivity contribution in [2.45, 2.75) is 31.4 Å². The van der Waals surface area contributed by atoms with Crippen LogP contribution >= 0.6 is 0 Å². The van der Waals surface area contributed by atoms with Crippen LogP contribution in [0.4, 0.5) is 0 Å². The Hall–Kier alpha value is -2.18. The maximum atomic E-state index is 11.7. The zero-order chi connectivity index (χ0) is 18.9. The molecular formula is C21H27N3O3. The summed E-state index contributed by atoms with van der Waals surface area (Å²) in [4.78, 5) is 11.0. The molecule has 0 bridgehead atoms. The van der Waals surface area contributed by atoms with Crippen molar-refractivity contribution in [3.63, 3.8) is 0 Å². The molecule has 1 aromatic carbocycles. The molecule has 1 saturated carbocycles. The number of hydrogen-bond donors (Lipinski definition) is 1. The lowest BCUT2D eigenvalue weighted by atomic mass is 9.68. The van der Waals surface area contributed by atoms with Gasteiger partial charge in [0, 0.05) is 31.7 Å². The number of aromatic nitrogens is 2. The molecule has 1 aliphatic carbocycles. The third kappa shape index (κ3) is 3.39. The first-order valence-electron chi connectivity index (χ1n) is 9.58. The van der Waals surface area contributed by atoms with Crippen LogP contribution in [0.1, 0.15) is 30.4 Å². The maximum Gasteiger partial charge on any atom is 0.319 e. The van der Waals surface area contributed by atoms with Crippen LogP contribution in [0.15, 0.2) is 36.5 Å². The summed E-state index contributed by atoms with van der Waals surface area (Å²) in [5.74, 6) is 1.03. The van der Waals surface area contributed by atoms with E-state index in [1.165, 1.54) is 12.7 Å². The van der Waals surface area contributed by atoms with Gasteiger partial charge in [0.15, 0.2) is 0 Å². The molecule has 0 unspecified atom stereocenters. The molecule has 1 saturated heterocycles. The smallest absolute Gasteiger partial charge is 0.319 e. The van der Waals surface area contributed by atoms with Gasteiger partial charge in [-0.1, -0.05) is 30.3 Å². The van der Waals surface area contributed by atoms with Crippen molar-refractivity contribution in [2.75, 3.05) is 27.3 Å². The fraction of sp³-hybridized carbons (Fsp3) is 0.524. The highest BCUT2D eigenvalue weighted by Gasteiger charge is 2.51. The van der Waals surface area contributed by atoms with E-state index < -0.39 is 5.60 Å². The van der Waals surface area contributed by atoms with Crippen LogP contribution in [0.25, 0.3) is 0 Å². The molecule has 0 amide bonds. The summed E-state index contributed by atoms with van der Waals surface area (Å²) in [6.45, 7) is 2.80. The summed E-state index contributed by atoms with van der Waals surface area (Å²) >= 11 is 0. The second-order valence-electron chi connectivity index (χ2n) is 7.64. The van der Waals surface area contributed by atoms with Crippen LogP contribution in [0, 0.1) is 11.8 Å². The average molecular weight is 369 g/mol. The predicted octanol–water partition coefficient (Wildman–Crippen LogP) is 2.61. The summed E-state index contributed by atoms with van der Waals surface area (Å²) in [5.41, 5.74) is 1.03. The molecule has 6 heteroatoms. The Kier molecular flexibility index (Phi) is 5.02. The number of rotatable bonds is 5. The Bertz CT molecular complexity index is 785. The minimum absolute atomic E-state index is 0.154. The van der Waals surface area contributed by atoms with Gasteiger partial charge in [0.05, 0.1) is 19.8 Å². The first kappa shape index (κ1) is 18.2. The average Bonchev–Trinajstić information content (AvgIpc) is 3.12. The van der Waals surface area contributed by atoms with Crippen LogP contribution in [0.5, 0.6) is 11.9 Å². The monoisotopic (exact) mass is 369 g/mol. The lowest BCUT2D eigenvalue weighted by Crippen LogP contribution is -2.43. The van der Waals surface area contributed by atoms with Gasteiger partial charge in [0.2, 0.25) is 5.88 Å². The molecule has 0 radical (unpaired) electrons. The number of fused-ring (bicyclic) bond motifs is 1. The van der Waals surface area contributed by atoms with Gasteiger partial charge in [-0.25, -0.2) is 4.98 Å². The third-order valence-corrected chi connectivity index (χ3v) is 6.09. The minimum atomic E-state index is -0.966. The molecule has 6 nitrogen and oxygen atoms in total. The van der Waals surface area contributed by atoms with Gasteiger partial charge < -0.3 is 14.6 Å². The Morgan fingerprint density at radius 3 is 2.74 bits per heavy atom. The summed E-state index contributed by atoms with van der Waals surface area (Å²) in [6.07, 6.45) is 4.52. The van der Waals surface area contributed by atoms with Gasteiger partial charge >= 0.3 is 6.01 Å². The molecule has 0 spiro atoms. The van der Waals surface area contributed by atoms with Crippen LogP contribution < -0.4 is 9.47 Å². The first-order valence-corrected chi connectivity index (χ1v) is 9.58. The summed E-state index contributed by atoms with van der Waals surface area (Å²) in [5, 5.41) is 11.7. The Morgan fingerprint density at radius 2 is 2.00 bits per heavy atom. The van der Waals surface area contributed by atoms with Crippen molar-refractivity contribution in [3.05, 3.63) is 47.7 Å². The highest BCUT2D eigenvalue weighted by atomic mass is 16.5. The molecular weight excluding hydrogens is 342 g/mol. The van der Waals surface area contributed by atoms with E-state index in [-0.39, 0.29) is 11.9 Å². The molecule has 144 valence electrons. The maximum absolute atomic E-state index is 11.7. The highest BCUT2D eigenvalue weighted by Crippen LogP contribution is 2.50. The predicted molar refractivity (Wildman–Crippen MR) is 102 cm³/mol. The lowest BCUT2D eigenvalue weighted by molar-refractivity contribution is -0.0669. The number of aliphatic hydroxyl groups is 1. The van der Waals surface area contributed by atoms with Gasteiger partial charge in [-0.15, -0.1) is 0 Å². The van der Waals surface area contributed by atoms with Crippen LogP contribution in [-0.2, 0) is 12.1 Å². The highest BCUT2D eigenvalue weighted by molar-refractivity contribution is 5.33. The van der Waals surface area contributed by atoms with E-state index in [0.29, 0.717) is 23.8 Å². The molecule has 4 rings (SSSR count). The summed E-state index contributed by atoms with van der Waals surface area (Å²) in [7, 11) is 3.10. The van der Waals surface area contributed by atoms with Gasteiger partial charge in [-0.05, 0) is 30.7 Å². The third-order valence-electron chi connectivity index (χ3n) is 6.09. The zero-order valence-corrected chi connectivity index (χ0v) is 16.0. The van der Waals surface area contributed by atoms with Gasteiger partial charge in [-0.3, -0.25) is 4.90 Å². The zero-order valence-electron chi connectivity index (χ0n) is 16.0. The quantitative estimate of drug-likeness (QED) is 0.874. The molecule has 2 fully saturated rings. The van der Waals surface area contributed by atoms with Crippen LogP contribution in [0.2, 0.25) is 0 Å². The molecule has 3 atom stereocenters. The van der Waals surface area contributed by atoms with E-state index in [0.717, 1.165) is 32.5 Å². The fourth-order valence-electron chi connectivity index (χ4n) is 4.82. The van der Waals surface area contributed by atoms with Crippen molar-refractivity contribution in [1.29, 1.82) is 0 Å². The van der Waals surface area contributed by atoms with Crippen LogP contribution in [0.3, 0.4) is 0 Å². The van der Waals surface area contributed by atoms with Gasteiger partial charge in [0.25, 0.3) is 0 Å². The van der Waals surface area contributed by atoms with Crippen molar-refractivity contribution < 1.29 is 14.6 Å². The SMILES string of the molecule is COc1ncc([C@]2(O)CCC[C@H]3CN(Cc4ccccc4)C[C@H]32)c(OC)n1. The topological polar surface area (TPSA) is 67.7 Å². The number of nitrogens with zero attached hydrogens (tertiary/aromatic N) is 3. The number of methoxy groups -OCH3 is 2. The second kappa shape index (κ2) is 7.44. The molecule has 2 aliphatic rings. The molecule has 27 heavy (non-hydrogen) atoms. The second-order valence-corrected chi connectivity index (χ2v) is 7.64. The molecule has 2 aromatic rings. The largest absolute Gasteiger partial charge is 0.481 e. The van der Waals surface area contributed by atoms with Gasteiger partial charge in [0.1, 0.15) is 5.60 Å². The van der Waals surface area contributed by atoms with Crippen molar-refractivity contribution in [2.24, 2.45) is 11.8 Å².